The highest BCUT2D eigenvalue weighted by Crippen LogP contribution is 2.23. The van der Waals surface area contributed by atoms with E-state index in [1.165, 1.54) is 0 Å². The van der Waals surface area contributed by atoms with Gasteiger partial charge in [0.2, 0.25) is 0 Å². The Bertz CT molecular complexity index is 513. The Kier molecular flexibility index (Phi) is 7.43. The molecule has 0 fully saturated rings. The molecule has 5 heteroatoms. The number of carboxylic acid groups (broad SMARTS) is 2. The van der Waals surface area contributed by atoms with Crippen molar-refractivity contribution in [3.63, 3.8) is 0 Å². The van der Waals surface area contributed by atoms with E-state index >= 15 is 0 Å². The van der Waals surface area contributed by atoms with Gasteiger partial charge in [0.25, 0.3) is 0 Å². The van der Waals surface area contributed by atoms with Crippen molar-refractivity contribution in [3.05, 3.63) is 29.3 Å². The van der Waals surface area contributed by atoms with Crippen LogP contribution in [0.5, 0.6) is 0 Å². The number of aliphatic carboxylic acids is 1. The molecule has 0 heterocycles. The molecule has 1 aromatic carbocycles. The largest absolute Gasteiger partial charge is 0.481 e. The molecule has 0 amide bonds. The summed E-state index contributed by atoms with van der Waals surface area (Å²) in [6.45, 7) is 5.20. The Balaban J connectivity index is 2.90. The summed E-state index contributed by atoms with van der Waals surface area (Å²) in [6, 6.07) is 4.99. The van der Waals surface area contributed by atoms with Gasteiger partial charge in [-0.25, -0.2) is 4.79 Å². The second-order valence-corrected chi connectivity index (χ2v) is 5.50. The van der Waals surface area contributed by atoms with Gasteiger partial charge in [0.05, 0.1) is 12.0 Å². The zero-order valence-electron chi connectivity index (χ0n) is 13.3. The maximum atomic E-state index is 11.1. The van der Waals surface area contributed by atoms with Gasteiger partial charge in [-0.15, -0.1) is 0 Å². The van der Waals surface area contributed by atoms with Crippen LogP contribution in [0.25, 0.3) is 0 Å². The van der Waals surface area contributed by atoms with Crippen LogP contribution in [0.3, 0.4) is 0 Å². The SMILES string of the molecule is CCCCCCN(CCC(=O)O)c1cc(C(=O)O)ccc1C. The van der Waals surface area contributed by atoms with Crippen LogP contribution in [-0.4, -0.2) is 35.2 Å². The first-order valence-electron chi connectivity index (χ1n) is 7.76. The molecule has 0 spiro atoms. The van der Waals surface area contributed by atoms with E-state index in [0.717, 1.165) is 43.5 Å². The first-order chi connectivity index (χ1) is 10.5. The summed E-state index contributed by atoms with van der Waals surface area (Å²) in [5.74, 6) is -1.81. The number of carboxylic acids is 2. The van der Waals surface area contributed by atoms with Crippen LogP contribution in [-0.2, 0) is 4.79 Å². The molecule has 22 heavy (non-hydrogen) atoms. The normalized spacial score (nSPS) is 10.5. The van der Waals surface area contributed by atoms with Crippen molar-refractivity contribution >= 4 is 17.6 Å². The van der Waals surface area contributed by atoms with Crippen LogP contribution < -0.4 is 4.90 Å². The van der Waals surface area contributed by atoms with E-state index in [-0.39, 0.29) is 12.0 Å². The third kappa shape index (κ3) is 5.76. The van der Waals surface area contributed by atoms with Gasteiger partial charge in [0.15, 0.2) is 0 Å². The van der Waals surface area contributed by atoms with Crippen molar-refractivity contribution in [2.24, 2.45) is 0 Å². The minimum Gasteiger partial charge on any atom is -0.481 e. The lowest BCUT2D eigenvalue weighted by Crippen LogP contribution is -2.28. The summed E-state index contributed by atoms with van der Waals surface area (Å²) in [6.07, 6.45) is 4.41. The zero-order valence-corrected chi connectivity index (χ0v) is 13.3. The first-order valence-corrected chi connectivity index (χ1v) is 7.76. The molecule has 0 radical (unpaired) electrons. The highest BCUT2D eigenvalue weighted by Gasteiger charge is 2.13. The van der Waals surface area contributed by atoms with Crippen molar-refractivity contribution in [2.45, 2.75) is 46.0 Å². The van der Waals surface area contributed by atoms with E-state index < -0.39 is 11.9 Å². The van der Waals surface area contributed by atoms with E-state index in [0.29, 0.717) is 6.54 Å². The van der Waals surface area contributed by atoms with Gasteiger partial charge in [-0.05, 0) is 31.0 Å². The van der Waals surface area contributed by atoms with Crippen molar-refractivity contribution in [1.82, 2.24) is 0 Å². The minimum atomic E-state index is -0.967. The van der Waals surface area contributed by atoms with Crippen molar-refractivity contribution < 1.29 is 19.8 Å². The standard InChI is InChI=1S/C17H25NO4/c1-3-4-5-6-10-18(11-9-16(19)20)15-12-14(17(21)22)8-7-13(15)2/h7-8,12H,3-6,9-11H2,1-2H3,(H,19,20)(H,21,22). The van der Waals surface area contributed by atoms with E-state index in [4.69, 9.17) is 10.2 Å². The maximum Gasteiger partial charge on any atom is 0.335 e. The number of nitrogens with zero attached hydrogens (tertiary/aromatic N) is 1. The molecular weight excluding hydrogens is 282 g/mol. The highest BCUT2D eigenvalue weighted by molar-refractivity contribution is 5.89. The van der Waals surface area contributed by atoms with Gasteiger partial charge < -0.3 is 15.1 Å². The Morgan fingerprint density at radius 2 is 1.82 bits per heavy atom. The number of carbonyl (C=O) groups is 2. The van der Waals surface area contributed by atoms with Crippen LogP contribution in [0.2, 0.25) is 0 Å². The van der Waals surface area contributed by atoms with Crippen molar-refractivity contribution in [3.8, 4) is 0 Å². The van der Waals surface area contributed by atoms with Gasteiger partial charge in [-0.2, -0.15) is 0 Å². The predicted octanol–water partition coefficient (Wildman–Crippen LogP) is 3.55. The molecule has 0 saturated heterocycles. The van der Waals surface area contributed by atoms with Gasteiger partial charge in [-0.1, -0.05) is 32.3 Å². The molecule has 0 aromatic heterocycles. The number of benzene rings is 1. The number of anilines is 1. The summed E-state index contributed by atoms with van der Waals surface area (Å²) in [7, 11) is 0. The number of aromatic carboxylic acids is 1. The highest BCUT2D eigenvalue weighted by atomic mass is 16.4. The fraction of sp³-hybridized carbons (Fsp3) is 0.529. The molecule has 1 aromatic rings. The van der Waals surface area contributed by atoms with Crippen LogP contribution in [0, 0.1) is 6.92 Å². The predicted molar refractivity (Wildman–Crippen MR) is 86.7 cm³/mol. The lowest BCUT2D eigenvalue weighted by molar-refractivity contribution is -0.136. The average molecular weight is 307 g/mol. The summed E-state index contributed by atoms with van der Waals surface area (Å²) < 4.78 is 0. The van der Waals surface area contributed by atoms with Gasteiger partial charge in [0.1, 0.15) is 0 Å². The first kappa shape index (κ1) is 18.0. The molecule has 0 aliphatic rings. The molecule has 1 rings (SSSR count). The smallest absolute Gasteiger partial charge is 0.335 e. The Hall–Kier alpha value is -2.04. The lowest BCUT2D eigenvalue weighted by atomic mass is 10.1. The molecule has 0 atom stereocenters. The van der Waals surface area contributed by atoms with E-state index in [9.17, 15) is 9.59 Å². The molecular formula is C17H25NO4. The quantitative estimate of drug-likeness (QED) is 0.646. The fourth-order valence-corrected chi connectivity index (χ4v) is 2.40. The van der Waals surface area contributed by atoms with Gasteiger partial charge >= 0.3 is 11.9 Å². The van der Waals surface area contributed by atoms with E-state index in [1.54, 1.807) is 18.2 Å². The van der Waals surface area contributed by atoms with Crippen LogP contribution in [0.4, 0.5) is 5.69 Å². The van der Waals surface area contributed by atoms with Crippen molar-refractivity contribution in [1.29, 1.82) is 0 Å². The van der Waals surface area contributed by atoms with Gasteiger partial charge in [-0.3, -0.25) is 4.79 Å². The molecule has 0 saturated carbocycles. The second kappa shape index (κ2) is 9.07. The summed E-state index contributed by atoms with van der Waals surface area (Å²) in [5.41, 5.74) is 2.01. The van der Waals surface area contributed by atoms with E-state index in [2.05, 4.69) is 6.92 Å². The summed E-state index contributed by atoms with van der Waals surface area (Å²) in [4.78, 5) is 24.0. The Morgan fingerprint density at radius 3 is 2.41 bits per heavy atom. The monoisotopic (exact) mass is 307 g/mol. The van der Waals surface area contributed by atoms with Crippen molar-refractivity contribution in [2.75, 3.05) is 18.0 Å². The van der Waals surface area contributed by atoms with Crippen LogP contribution >= 0.6 is 0 Å². The molecule has 0 bridgehead atoms. The Labute approximate surface area is 131 Å². The molecule has 0 aliphatic carbocycles. The maximum absolute atomic E-state index is 11.1. The third-order valence-corrected chi connectivity index (χ3v) is 3.67. The number of aryl methyl sites for hydroxylation is 1. The minimum absolute atomic E-state index is 0.0461. The Morgan fingerprint density at radius 1 is 1.09 bits per heavy atom. The topological polar surface area (TPSA) is 77.8 Å². The lowest BCUT2D eigenvalue weighted by Gasteiger charge is -2.26. The average Bonchev–Trinajstić information content (AvgIpc) is 2.47. The summed E-state index contributed by atoms with van der Waals surface area (Å²) >= 11 is 0. The van der Waals surface area contributed by atoms with Gasteiger partial charge in [0, 0.05) is 18.8 Å². The zero-order chi connectivity index (χ0) is 16.5. The molecule has 0 aliphatic heterocycles. The molecule has 122 valence electrons. The molecule has 0 unspecified atom stereocenters. The third-order valence-electron chi connectivity index (χ3n) is 3.67. The number of unbranched alkanes of at least 4 members (excludes halogenated alkanes) is 3. The molecule has 2 N–H and O–H groups in total. The number of hydrogen-bond acceptors (Lipinski definition) is 3. The number of rotatable bonds is 10. The number of hydrogen-bond donors (Lipinski definition) is 2. The van der Waals surface area contributed by atoms with Crippen LogP contribution in [0.15, 0.2) is 18.2 Å². The second-order valence-electron chi connectivity index (χ2n) is 5.50. The summed E-state index contributed by atoms with van der Waals surface area (Å²) in [5, 5.41) is 18.0. The van der Waals surface area contributed by atoms with Crippen LogP contribution in [0.1, 0.15) is 54.9 Å². The fourth-order valence-electron chi connectivity index (χ4n) is 2.40. The van der Waals surface area contributed by atoms with E-state index in [1.807, 2.05) is 11.8 Å². The molecule has 5 nitrogen and oxygen atoms in total.